The molecular formula is C27H30N4O3. The summed E-state index contributed by atoms with van der Waals surface area (Å²) in [5.74, 6) is 0.329. The number of ether oxygens (including phenoxy) is 1. The van der Waals surface area contributed by atoms with Crippen LogP contribution in [0.15, 0.2) is 78.9 Å². The molecule has 0 aliphatic rings. The average Bonchev–Trinajstić information content (AvgIpc) is 2.83. The van der Waals surface area contributed by atoms with Crippen LogP contribution in [0.2, 0.25) is 0 Å². The van der Waals surface area contributed by atoms with E-state index in [9.17, 15) is 9.59 Å². The number of carbonyl (C=O) groups is 2. The van der Waals surface area contributed by atoms with Gasteiger partial charge in [-0.2, -0.15) is 0 Å². The first-order chi connectivity index (χ1) is 16.4. The summed E-state index contributed by atoms with van der Waals surface area (Å²) in [6, 6.07) is 21.4. The fraction of sp³-hybridized carbons (Fsp3) is 0.185. The zero-order valence-corrected chi connectivity index (χ0v) is 19.5. The Morgan fingerprint density at radius 1 is 0.941 bits per heavy atom. The zero-order chi connectivity index (χ0) is 24.5. The maximum atomic E-state index is 12.9. The van der Waals surface area contributed by atoms with E-state index in [1.165, 1.54) is 6.08 Å². The summed E-state index contributed by atoms with van der Waals surface area (Å²) >= 11 is 0. The van der Waals surface area contributed by atoms with Gasteiger partial charge in [0.25, 0.3) is 0 Å². The monoisotopic (exact) mass is 458 g/mol. The molecule has 0 bridgehead atoms. The third-order valence-corrected chi connectivity index (χ3v) is 5.01. The Morgan fingerprint density at radius 3 is 2.24 bits per heavy atom. The SMILES string of the molecule is COc1ccc(NC(C(=O)NC(C)C)c2ccc(/C=C/C(=O)Nc3ccccc3N)cc2)cc1. The number of para-hydroxylation sites is 2. The van der Waals surface area contributed by atoms with Crippen LogP contribution in [0.3, 0.4) is 0 Å². The van der Waals surface area contributed by atoms with Crippen LogP contribution in [0.4, 0.5) is 17.1 Å². The Bertz CT molecular complexity index is 1140. The van der Waals surface area contributed by atoms with E-state index >= 15 is 0 Å². The van der Waals surface area contributed by atoms with Gasteiger partial charge in [0.2, 0.25) is 11.8 Å². The summed E-state index contributed by atoms with van der Waals surface area (Å²) in [6.07, 6.45) is 3.15. The third-order valence-electron chi connectivity index (χ3n) is 5.01. The molecule has 3 aromatic rings. The van der Waals surface area contributed by atoms with Crippen molar-refractivity contribution in [3.05, 3.63) is 90.0 Å². The summed E-state index contributed by atoms with van der Waals surface area (Å²) in [5.41, 5.74) is 9.35. The van der Waals surface area contributed by atoms with E-state index in [1.807, 2.05) is 62.4 Å². The minimum absolute atomic E-state index is 0.00652. The van der Waals surface area contributed by atoms with Crippen molar-refractivity contribution in [3.8, 4) is 5.75 Å². The van der Waals surface area contributed by atoms with Crippen LogP contribution in [-0.2, 0) is 9.59 Å². The second-order valence-corrected chi connectivity index (χ2v) is 8.05. The Balaban J connectivity index is 1.73. The van der Waals surface area contributed by atoms with Gasteiger partial charge in [-0.1, -0.05) is 36.4 Å². The molecule has 34 heavy (non-hydrogen) atoms. The molecule has 7 nitrogen and oxygen atoms in total. The fourth-order valence-electron chi connectivity index (χ4n) is 3.28. The second-order valence-electron chi connectivity index (χ2n) is 8.05. The number of benzene rings is 3. The van der Waals surface area contributed by atoms with Crippen LogP contribution in [0, 0.1) is 0 Å². The number of carbonyl (C=O) groups excluding carboxylic acids is 2. The average molecular weight is 459 g/mol. The van der Waals surface area contributed by atoms with Gasteiger partial charge >= 0.3 is 0 Å². The van der Waals surface area contributed by atoms with E-state index < -0.39 is 6.04 Å². The van der Waals surface area contributed by atoms with Crippen molar-refractivity contribution < 1.29 is 14.3 Å². The molecule has 5 N–H and O–H groups in total. The number of hydrogen-bond donors (Lipinski definition) is 4. The predicted molar refractivity (Wildman–Crippen MR) is 138 cm³/mol. The van der Waals surface area contributed by atoms with Gasteiger partial charge in [0, 0.05) is 17.8 Å². The number of nitrogens with two attached hydrogens (primary N) is 1. The fourth-order valence-corrected chi connectivity index (χ4v) is 3.28. The van der Waals surface area contributed by atoms with Crippen molar-refractivity contribution >= 4 is 35.0 Å². The zero-order valence-electron chi connectivity index (χ0n) is 19.5. The van der Waals surface area contributed by atoms with Gasteiger partial charge in [0.15, 0.2) is 0 Å². The van der Waals surface area contributed by atoms with Gasteiger partial charge in [-0.15, -0.1) is 0 Å². The summed E-state index contributed by atoms with van der Waals surface area (Å²) in [5, 5.41) is 9.01. The van der Waals surface area contributed by atoms with Crippen molar-refractivity contribution in [1.82, 2.24) is 5.32 Å². The lowest BCUT2D eigenvalue weighted by Gasteiger charge is -2.21. The van der Waals surface area contributed by atoms with Crippen LogP contribution >= 0.6 is 0 Å². The lowest BCUT2D eigenvalue weighted by Crippen LogP contribution is -2.37. The first kappa shape index (κ1) is 24.4. The number of amides is 2. The lowest BCUT2D eigenvalue weighted by atomic mass is 10.0. The number of anilines is 3. The Labute approximate surface area is 200 Å². The minimum Gasteiger partial charge on any atom is -0.497 e. The molecule has 3 rings (SSSR count). The summed E-state index contributed by atoms with van der Waals surface area (Å²) in [6.45, 7) is 3.84. The van der Waals surface area contributed by atoms with E-state index in [2.05, 4.69) is 16.0 Å². The van der Waals surface area contributed by atoms with Crippen LogP contribution in [0.25, 0.3) is 6.08 Å². The highest BCUT2D eigenvalue weighted by Gasteiger charge is 2.21. The molecule has 1 atom stereocenters. The molecule has 0 aromatic heterocycles. The number of hydrogen-bond acceptors (Lipinski definition) is 5. The maximum absolute atomic E-state index is 12.9. The highest BCUT2D eigenvalue weighted by Crippen LogP contribution is 2.23. The number of nitrogen functional groups attached to an aromatic ring is 1. The topological polar surface area (TPSA) is 105 Å². The molecule has 0 saturated carbocycles. The molecule has 0 aliphatic heterocycles. The first-order valence-corrected chi connectivity index (χ1v) is 11.0. The molecule has 0 saturated heterocycles. The highest BCUT2D eigenvalue weighted by atomic mass is 16.5. The largest absolute Gasteiger partial charge is 0.497 e. The Morgan fingerprint density at radius 2 is 1.62 bits per heavy atom. The molecule has 176 valence electrons. The summed E-state index contributed by atoms with van der Waals surface area (Å²) < 4.78 is 5.20. The Hall–Kier alpha value is -4.26. The van der Waals surface area contributed by atoms with Gasteiger partial charge in [-0.25, -0.2) is 0 Å². The van der Waals surface area contributed by atoms with Crippen molar-refractivity contribution in [1.29, 1.82) is 0 Å². The van der Waals surface area contributed by atoms with E-state index in [4.69, 9.17) is 10.5 Å². The maximum Gasteiger partial charge on any atom is 0.248 e. The molecule has 0 radical (unpaired) electrons. The van der Waals surface area contributed by atoms with Crippen LogP contribution < -0.4 is 26.4 Å². The Kier molecular flexibility index (Phi) is 8.29. The smallest absolute Gasteiger partial charge is 0.248 e. The van der Waals surface area contributed by atoms with E-state index in [0.29, 0.717) is 11.4 Å². The van der Waals surface area contributed by atoms with Gasteiger partial charge in [-0.05, 0) is 67.4 Å². The van der Waals surface area contributed by atoms with Gasteiger partial charge in [-0.3, -0.25) is 9.59 Å². The van der Waals surface area contributed by atoms with Crippen LogP contribution in [0.5, 0.6) is 5.75 Å². The number of rotatable bonds is 9. The molecule has 0 aliphatic carbocycles. The predicted octanol–water partition coefficient (Wildman–Crippen LogP) is 4.61. The molecular weight excluding hydrogens is 428 g/mol. The van der Waals surface area contributed by atoms with E-state index in [0.717, 1.165) is 22.6 Å². The number of methoxy groups -OCH3 is 1. The second kappa shape index (κ2) is 11.6. The van der Waals surface area contributed by atoms with E-state index in [-0.39, 0.29) is 17.9 Å². The van der Waals surface area contributed by atoms with Gasteiger partial charge < -0.3 is 26.4 Å². The standard InChI is InChI=1S/C27H30N4O3/c1-18(2)29-27(33)26(30-21-13-15-22(34-3)16-14-21)20-11-8-19(9-12-20)10-17-25(32)31-24-7-5-4-6-23(24)28/h4-18,26,30H,28H2,1-3H3,(H,29,33)(H,31,32)/b17-10+. The summed E-state index contributed by atoms with van der Waals surface area (Å²) in [7, 11) is 1.61. The molecule has 3 aromatic carbocycles. The van der Waals surface area contributed by atoms with Crippen LogP contribution in [-0.4, -0.2) is 25.0 Å². The normalized spacial score (nSPS) is 11.8. The third kappa shape index (κ3) is 6.87. The van der Waals surface area contributed by atoms with Crippen molar-refractivity contribution in [2.75, 3.05) is 23.5 Å². The minimum atomic E-state index is -0.585. The molecule has 0 heterocycles. The molecule has 0 fully saturated rings. The quantitative estimate of drug-likeness (QED) is 0.277. The highest BCUT2D eigenvalue weighted by molar-refractivity contribution is 6.03. The molecule has 1 unspecified atom stereocenters. The van der Waals surface area contributed by atoms with E-state index in [1.54, 1.807) is 37.5 Å². The van der Waals surface area contributed by atoms with Gasteiger partial charge in [0.1, 0.15) is 11.8 Å². The lowest BCUT2D eigenvalue weighted by molar-refractivity contribution is -0.122. The molecule has 0 spiro atoms. The number of nitrogens with one attached hydrogen (secondary N) is 3. The van der Waals surface area contributed by atoms with Crippen molar-refractivity contribution in [2.45, 2.75) is 25.9 Å². The van der Waals surface area contributed by atoms with Crippen molar-refractivity contribution in [3.63, 3.8) is 0 Å². The first-order valence-electron chi connectivity index (χ1n) is 11.0. The van der Waals surface area contributed by atoms with Crippen LogP contribution in [0.1, 0.15) is 31.0 Å². The summed E-state index contributed by atoms with van der Waals surface area (Å²) in [4.78, 5) is 25.1. The van der Waals surface area contributed by atoms with Crippen molar-refractivity contribution in [2.24, 2.45) is 0 Å². The molecule has 2 amide bonds. The van der Waals surface area contributed by atoms with Gasteiger partial charge in [0.05, 0.1) is 18.5 Å². The molecule has 7 heteroatoms.